The lowest BCUT2D eigenvalue weighted by atomic mass is 9.85. The van der Waals surface area contributed by atoms with Gasteiger partial charge in [0, 0.05) is 51.3 Å². The maximum absolute atomic E-state index is 12.7. The minimum atomic E-state index is -0.236. The van der Waals surface area contributed by atoms with E-state index < -0.39 is 0 Å². The summed E-state index contributed by atoms with van der Waals surface area (Å²) in [5.41, 5.74) is 1.05. The van der Waals surface area contributed by atoms with Crippen molar-refractivity contribution in [3.05, 3.63) is 35.9 Å². The number of fused-ring (bicyclic) bond motifs is 1. The maximum Gasteiger partial charge on any atom is 0.233 e. The molecule has 1 aliphatic carbocycles. The molecule has 2 unspecified atom stereocenters. The molecule has 0 saturated carbocycles. The first-order valence-corrected chi connectivity index (χ1v) is 11.2. The van der Waals surface area contributed by atoms with Gasteiger partial charge in [-0.15, -0.1) is 0 Å². The highest BCUT2D eigenvalue weighted by molar-refractivity contribution is 6.05. The summed E-state index contributed by atoms with van der Waals surface area (Å²) in [6.45, 7) is 3.66. The zero-order valence-electron chi connectivity index (χ0n) is 18.8. The number of likely N-dealkylation sites (tertiary alicyclic amines) is 1. The monoisotopic (exact) mass is 441 g/mol. The molecule has 8 nitrogen and oxygen atoms in total. The highest BCUT2D eigenvalue weighted by atomic mass is 16.5. The van der Waals surface area contributed by atoms with Gasteiger partial charge in [0.15, 0.2) is 0 Å². The molecular weight excluding hydrogens is 410 g/mol. The number of allylic oxidation sites excluding steroid dienone is 2. The summed E-state index contributed by atoms with van der Waals surface area (Å²) in [4.78, 5) is 43.3. The Morgan fingerprint density at radius 1 is 0.969 bits per heavy atom. The maximum atomic E-state index is 12.7. The number of carbonyl (C=O) groups is 3. The lowest BCUT2D eigenvalue weighted by Gasteiger charge is -2.35. The van der Waals surface area contributed by atoms with Gasteiger partial charge in [-0.25, -0.2) is 0 Å². The second-order valence-corrected chi connectivity index (χ2v) is 8.57. The van der Waals surface area contributed by atoms with Crippen LogP contribution in [0.4, 0.5) is 0 Å². The number of hydrogen-bond acceptors (Lipinski definition) is 6. The molecule has 4 rings (SSSR count). The molecule has 8 heteroatoms. The Hall–Kier alpha value is -2.87. The molecule has 0 radical (unpaired) electrons. The van der Waals surface area contributed by atoms with Crippen LogP contribution in [0, 0.1) is 11.8 Å². The zero-order valence-corrected chi connectivity index (χ0v) is 18.8. The van der Waals surface area contributed by atoms with Gasteiger partial charge in [0.1, 0.15) is 11.5 Å². The molecule has 1 aromatic carbocycles. The first-order chi connectivity index (χ1) is 15.5. The molecule has 3 amide bonds. The van der Waals surface area contributed by atoms with Crippen LogP contribution in [-0.4, -0.2) is 79.4 Å². The summed E-state index contributed by atoms with van der Waals surface area (Å²) < 4.78 is 10.8. The van der Waals surface area contributed by atoms with E-state index >= 15 is 0 Å². The molecule has 0 aromatic heterocycles. The van der Waals surface area contributed by atoms with Gasteiger partial charge in [0.25, 0.3) is 0 Å². The summed E-state index contributed by atoms with van der Waals surface area (Å²) in [6.07, 6.45) is 5.39. The van der Waals surface area contributed by atoms with Crippen molar-refractivity contribution in [2.75, 3.05) is 46.9 Å². The Labute approximate surface area is 188 Å². The lowest BCUT2D eigenvalue weighted by molar-refractivity contribution is -0.141. The summed E-state index contributed by atoms with van der Waals surface area (Å²) in [5.74, 6) is 0.899. The second kappa shape index (κ2) is 9.73. The molecule has 2 heterocycles. The molecule has 32 heavy (non-hydrogen) atoms. The van der Waals surface area contributed by atoms with Crippen molar-refractivity contribution in [2.45, 2.75) is 25.8 Å². The quantitative estimate of drug-likeness (QED) is 0.473. The van der Waals surface area contributed by atoms with Crippen LogP contribution in [0.25, 0.3) is 0 Å². The van der Waals surface area contributed by atoms with Gasteiger partial charge in [-0.2, -0.15) is 0 Å². The molecule has 0 bridgehead atoms. The zero-order chi connectivity index (χ0) is 22.7. The molecular formula is C24H31N3O5. The molecule has 3 aliphatic rings. The largest absolute Gasteiger partial charge is 0.497 e. The fourth-order valence-electron chi connectivity index (χ4n) is 4.86. The summed E-state index contributed by atoms with van der Waals surface area (Å²) >= 11 is 0. The normalized spacial score (nSPS) is 23.4. The first-order valence-electron chi connectivity index (χ1n) is 11.2. The Kier molecular flexibility index (Phi) is 6.79. The molecule has 2 aliphatic heterocycles. The van der Waals surface area contributed by atoms with Gasteiger partial charge in [0.05, 0.1) is 26.1 Å². The third kappa shape index (κ3) is 4.50. The van der Waals surface area contributed by atoms with Crippen molar-refractivity contribution in [1.29, 1.82) is 0 Å². The van der Waals surface area contributed by atoms with Gasteiger partial charge >= 0.3 is 0 Å². The Morgan fingerprint density at radius 2 is 1.62 bits per heavy atom. The van der Waals surface area contributed by atoms with E-state index in [0.717, 1.165) is 36.7 Å². The molecule has 172 valence electrons. The van der Waals surface area contributed by atoms with Crippen molar-refractivity contribution in [3.63, 3.8) is 0 Å². The van der Waals surface area contributed by atoms with E-state index in [2.05, 4.69) is 4.90 Å². The van der Waals surface area contributed by atoms with E-state index in [4.69, 9.17) is 9.47 Å². The van der Waals surface area contributed by atoms with Gasteiger partial charge < -0.3 is 14.4 Å². The van der Waals surface area contributed by atoms with Crippen molar-refractivity contribution >= 4 is 17.7 Å². The average Bonchev–Trinajstić information content (AvgIpc) is 3.07. The number of methoxy groups -OCH3 is 2. The van der Waals surface area contributed by atoms with Crippen LogP contribution >= 0.6 is 0 Å². The standard InChI is InChI=1S/C24H31N3O5/c1-31-18-7-8-21(32-2)17(15-18)16-25-11-13-26(14-12-25)22(28)9-10-27-23(29)19-5-3-4-6-20(19)24(27)30/h3-4,7-8,15,19-20H,5-6,9-14,16H2,1-2H3. The van der Waals surface area contributed by atoms with E-state index in [1.165, 1.54) is 4.90 Å². The number of ether oxygens (including phenoxy) is 2. The van der Waals surface area contributed by atoms with E-state index in [9.17, 15) is 14.4 Å². The van der Waals surface area contributed by atoms with Crippen LogP contribution in [0.3, 0.4) is 0 Å². The number of hydrogen-bond donors (Lipinski definition) is 0. The van der Waals surface area contributed by atoms with E-state index in [0.29, 0.717) is 25.9 Å². The number of imide groups is 1. The van der Waals surface area contributed by atoms with Crippen molar-refractivity contribution in [2.24, 2.45) is 11.8 Å². The van der Waals surface area contributed by atoms with Crippen LogP contribution in [0.2, 0.25) is 0 Å². The van der Waals surface area contributed by atoms with E-state index in [1.807, 2.05) is 35.3 Å². The van der Waals surface area contributed by atoms with E-state index in [-0.39, 0.29) is 42.5 Å². The van der Waals surface area contributed by atoms with Gasteiger partial charge in [-0.1, -0.05) is 12.2 Å². The van der Waals surface area contributed by atoms with Gasteiger partial charge in [0.2, 0.25) is 17.7 Å². The molecule has 1 aromatic rings. The van der Waals surface area contributed by atoms with Crippen molar-refractivity contribution in [3.8, 4) is 11.5 Å². The average molecular weight is 442 g/mol. The molecule has 0 N–H and O–H groups in total. The number of nitrogens with zero attached hydrogens (tertiary/aromatic N) is 3. The second-order valence-electron chi connectivity index (χ2n) is 8.57. The highest BCUT2D eigenvalue weighted by Gasteiger charge is 2.47. The predicted octanol–water partition coefficient (Wildman–Crippen LogP) is 1.69. The van der Waals surface area contributed by atoms with Crippen LogP contribution in [0.5, 0.6) is 11.5 Å². The SMILES string of the molecule is COc1ccc(OC)c(CN2CCN(C(=O)CCN3C(=O)C4CC=CCC4C3=O)CC2)c1. The van der Waals surface area contributed by atoms with Gasteiger partial charge in [-0.3, -0.25) is 24.2 Å². The minimum absolute atomic E-state index is 0.00259. The Bertz CT molecular complexity index is 881. The summed E-state index contributed by atoms with van der Waals surface area (Å²) in [7, 11) is 3.30. The van der Waals surface area contributed by atoms with Crippen LogP contribution < -0.4 is 9.47 Å². The predicted molar refractivity (Wildman–Crippen MR) is 118 cm³/mol. The van der Waals surface area contributed by atoms with Crippen LogP contribution in [0.15, 0.2) is 30.4 Å². The number of amides is 3. The molecule has 2 saturated heterocycles. The summed E-state index contributed by atoms with van der Waals surface area (Å²) in [6, 6.07) is 5.76. The smallest absolute Gasteiger partial charge is 0.233 e. The lowest BCUT2D eigenvalue weighted by Crippen LogP contribution is -2.49. The number of benzene rings is 1. The molecule has 2 fully saturated rings. The van der Waals surface area contributed by atoms with Crippen molar-refractivity contribution in [1.82, 2.24) is 14.7 Å². The number of piperazine rings is 1. The fraction of sp³-hybridized carbons (Fsp3) is 0.542. The van der Waals surface area contributed by atoms with Gasteiger partial charge in [-0.05, 0) is 31.0 Å². The van der Waals surface area contributed by atoms with Crippen molar-refractivity contribution < 1.29 is 23.9 Å². The highest BCUT2D eigenvalue weighted by Crippen LogP contribution is 2.35. The minimum Gasteiger partial charge on any atom is -0.497 e. The van der Waals surface area contributed by atoms with Crippen LogP contribution in [0.1, 0.15) is 24.8 Å². The topological polar surface area (TPSA) is 79.4 Å². The third-order valence-electron chi connectivity index (χ3n) is 6.75. The Balaban J connectivity index is 1.26. The molecule has 0 spiro atoms. The first kappa shape index (κ1) is 22.3. The van der Waals surface area contributed by atoms with Crippen LogP contribution in [-0.2, 0) is 20.9 Å². The Morgan fingerprint density at radius 3 is 2.22 bits per heavy atom. The number of carbonyl (C=O) groups excluding carboxylic acids is 3. The molecule has 2 atom stereocenters. The van der Waals surface area contributed by atoms with E-state index in [1.54, 1.807) is 14.2 Å². The third-order valence-corrected chi connectivity index (χ3v) is 6.75. The fourth-order valence-corrected chi connectivity index (χ4v) is 4.86. The summed E-state index contributed by atoms with van der Waals surface area (Å²) in [5, 5.41) is 0. The number of rotatable bonds is 7.